The van der Waals surface area contributed by atoms with Crippen molar-refractivity contribution in [3.05, 3.63) is 23.8 Å². The van der Waals surface area contributed by atoms with Crippen molar-refractivity contribution >= 4 is 23.6 Å². The van der Waals surface area contributed by atoms with E-state index in [1.807, 2.05) is 0 Å². The predicted molar refractivity (Wildman–Crippen MR) is 137 cm³/mol. The molecule has 3 unspecified atom stereocenters. The third-order valence-electron chi connectivity index (χ3n) is 9.73. The minimum atomic E-state index is -2.08. The molecule has 0 bridgehead atoms. The molecule has 1 amide bonds. The van der Waals surface area contributed by atoms with E-state index in [2.05, 4.69) is 5.32 Å². The molecule has 4 aliphatic rings. The van der Waals surface area contributed by atoms with Gasteiger partial charge in [0.1, 0.15) is 0 Å². The van der Waals surface area contributed by atoms with Gasteiger partial charge in [0, 0.05) is 35.1 Å². The third kappa shape index (κ3) is 3.95. The smallest absolute Gasteiger partial charge is 0.408 e. The minimum absolute atomic E-state index is 0.145. The van der Waals surface area contributed by atoms with Crippen LogP contribution in [0.3, 0.4) is 0 Å². The molecule has 0 aliphatic heterocycles. The number of halogens is 1. The zero-order chi connectivity index (χ0) is 28.5. The monoisotopic (exact) mass is 533 g/mol. The van der Waals surface area contributed by atoms with E-state index in [-0.39, 0.29) is 12.2 Å². The van der Waals surface area contributed by atoms with E-state index >= 15 is 4.39 Å². The van der Waals surface area contributed by atoms with Gasteiger partial charge in [-0.05, 0) is 71.4 Å². The summed E-state index contributed by atoms with van der Waals surface area (Å²) < 4.78 is 28.6. The first-order chi connectivity index (χ1) is 17.4. The van der Waals surface area contributed by atoms with Crippen LogP contribution in [0.4, 0.5) is 9.18 Å². The molecular formula is C29H40FNO7. The molecule has 4 aliphatic carbocycles. The quantitative estimate of drug-likeness (QED) is 0.524. The molecule has 3 saturated carbocycles. The van der Waals surface area contributed by atoms with Gasteiger partial charge in [0.25, 0.3) is 0 Å². The molecule has 2 N–H and O–H groups in total. The van der Waals surface area contributed by atoms with Gasteiger partial charge in [-0.3, -0.25) is 14.4 Å². The van der Waals surface area contributed by atoms with Crippen molar-refractivity contribution in [2.75, 3.05) is 6.61 Å². The number of ketones is 2. The van der Waals surface area contributed by atoms with Gasteiger partial charge in [-0.1, -0.05) is 25.5 Å². The van der Waals surface area contributed by atoms with Gasteiger partial charge < -0.3 is 19.9 Å². The highest BCUT2D eigenvalue weighted by atomic mass is 19.1. The van der Waals surface area contributed by atoms with Gasteiger partial charge in [0.2, 0.25) is 5.78 Å². The number of fused-ring (bicyclic) bond motifs is 5. The minimum Gasteiger partial charge on any atom is -0.458 e. The van der Waals surface area contributed by atoms with Crippen LogP contribution in [-0.2, 0) is 23.9 Å². The van der Waals surface area contributed by atoms with Crippen LogP contribution in [0.2, 0.25) is 0 Å². The Morgan fingerprint density at radius 2 is 1.87 bits per heavy atom. The molecule has 210 valence electrons. The van der Waals surface area contributed by atoms with E-state index in [0.717, 1.165) is 0 Å². The first-order valence-electron chi connectivity index (χ1n) is 13.4. The molecule has 0 aromatic carbocycles. The van der Waals surface area contributed by atoms with Crippen LogP contribution in [0.5, 0.6) is 0 Å². The van der Waals surface area contributed by atoms with E-state index in [4.69, 9.17) is 9.47 Å². The van der Waals surface area contributed by atoms with Crippen molar-refractivity contribution in [2.45, 2.75) is 97.1 Å². The van der Waals surface area contributed by atoms with Crippen molar-refractivity contribution in [2.24, 2.45) is 28.6 Å². The van der Waals surface area contributed by atoms with Crippen molar-refractivity contribution in [3.63, 3.8) is 0 Å². The number of alkyl halides is 1. The van der Waals surface area contributed by atoms with Crippen LogP contribution < -0.4 is 5.32 Å². The zero-order valence-electron chi connectivity index (χ0n) is 23.4. The van der Waals surface area contributed by atoms with E-state index in [1.165, 1.54) is 19.1 Å². The van der Waals surface area contributed by atoms with Crippen molar-refractivity contribution in [3.8, 4) is 0 Å². The summed E-state index contributed by atoms with van der Waals surface area (Å²) in [5.41, 5.74) is -6.13. The Bertz CT molecular complexity index is 1120. The van der Waals surface area contributed by atoms with Crippen LogP contribution in [0.15, 0.2) is 23.8 Å². The Balaban J connectivity index is 1.81. The topological polar surface area (TPSA) is 119 Å². The number of aliphatic hydroxyl groups excluding tert-OH is 1. The molecule has 0 spiro atoms. The number of amides is 1. The SMILES string of the molecule is CC(=O)OCC(=O)[C@]1(OC(=O)NC(C)(C)C)[C@@H](C)CC2C3CCC4=CC(=O)C=C[C@]4(C)C3(F)[C@@H](O)C[C@@]21C. The number of ether oxygens (including phenoxy) is 2. The highest BCUT2D eigenvalue weighted by Gasteiger charge is 2.77. The maximum atomic E-state index is 17.5. The number of aliphatic hydroxyl groups is 1. The average Bonchev–Trinajstić information content (AvgIpc) is 2.99. The summed E-state index contributed by atoms with van der Waals surface area (Å²) in [7, 11) is 0. The number of carbonyl (C=O) groups excluding carboxylic acids is 4. The number of alkyl carbamates (subject to hydrolysis) is 1. The largest absolute Gasteiger partial charge is 0.458 e. The number of esters is 1. The lowest BCUT2D eigenvalue weighted by molar-refractivity contribution is -0.219. The molecular weight excluding hydrogens is 493 g/mol. The highest BCUT2D eigenvalue weighted by molar-refractivity contribution is 6.01. The second kappa shape index (κ2) is 9.00. The molecule has 0 radical (unpaired) electrons. The van der Waals surface area contributed by atoms with Crippen molar-refractivity contribution in [1.82, 2.24) is 5.32 Å². The Morgan fingerprint density at radius 3 is 2.47 bits per heavy atom. The third-order valence-corrected chi connectivity index (χ3v) is 9.73. The van der Waals surface area contributed by atoms with E-state index in [9.17, 15) is 24.3 Å². The van der Waals surface area contributed by atoms with Crippen LogP contribution in [0.25, 0.3) is 0 Å². The molecule has 9 heteroatoms. The number of carbonyl (C=O) groups is 4. The van der Waals surface area contributed by atoms with E-state index < -0.39 is 75.9 Å². The molecule has 4 rings (SSSR count). The molecule has 3 fully saturated rings. The predicted octanol–water partition coefficient (Wildman–Crippen LogP) is 4.00. The standard InChI is InChI=1S/C29H40FNO7/c1-16-12-21-20-9-8-18-13-19(33)10-11-26(18,6)28(20,30)22(34)14-27(21,7)29(16,23(35)15-37-17(2)32)38-24(36)31-25(3,4)5/h10-11,13,16,20-22,34H,8-9,12,14-15H2,1-7H3,(H,31,36)/t16-,20?,21?,22-,26-,27-,28?,29+/m0/s1. The summed E-state index contributed by atoms with van der Waals surface area (Å²) in [5, 5.41) is 14.4. The zero-order valence-corrected chi connectivity index (χ0v) is 23.4. The Morgan fingerprint density at radius 1 is 1.21 bits per heavy atom. The maximum Gasteiger partial charge on any atom is 0.408 e. The van der Waals surface area contributed by atoms with Gasteiger partial charge in [-0.2, -0.15) is 0 Å². The number of rotatable bonds is 4. The van der Waals surface area contributed by atoms with Crippen LogP contribution in [0, 0.1) is 28.6 Å². The molecule has 0 heterocycles. The summed E-state index contributed by atoms with van der Waals surface area (Å²) in [5.74, 6) is -3.04. The van der Waals surface area contributed by atoms with E-state index in [0.29, 0.717) is 24.8 Å². The van der Waals surface area contributed by atoms with Gasteiger partial charge in [-0.25, -0.2) is 9.18 Å². The molecule has 0 aromatic heterocycles. The Hall–Kier alpha value is -2.55. The van der Waals surface area contributed by atoms with Crippen molar-refractivity contribution < 1.29 is 38.1 Å². The fraction of sp³-hybridized carbons (Fsp3) is 0.724. The second-order valence-electron chi connectivity index (χ2n) is 13.1. The van der Waals surface area contributed by atoms with Crippen LogP contribution in [-0.4, -0.2) is 58.3 Å². The average molecular weight is 534 g/mol. The molecule has 0 aromatic rings. The summed E-state index contributed by atoms with van der Waals surface area (Å²) in [6.07, 6.45) is 3.21. The van der Waals surface area contributed by atoms with Gasteiger partial charge >= 0.3 is 12.1 Å². The number of hydrogen-bond donors (Lipinski definition) is 2. The summed E-state index contributed by atoms with van der Waals surface area (Å²) in [6, 6.07) is 0. The summed E-state index contributed by atoms with van der Waals surface area (Å²) in [6.45, 7) is 11.2. The Kier molecular flexibility index (Phi) is 6.74. The van der Waals surface area contributed by atoms with Crippen LogP contribution >= 0.6 is 0 Å². The first-order valence-corrected chi connectivity index (χ1v) is 13.4. The summed E-state index contributed by atoms with van der Waals surface area (Å²) >= 11 is 0. The number of allylic oxidation sites excluding steroid dienone is 4. The maximum absolute atomic E-state index is 17.5. The molecule has 8 nitrogen and oxygen atoms in total. The fourth-order valence-corrected chi connectivity index (χ4v) is 8.15. The molecule has 8 atom stereocenters. The highest BCUT2D eigenvalue weighted by Crippen LogP contribution is 2.71. The number of nitrogens with one attached hydrogen (secondary N) is 1. The lowest BCUT2D eigenvalue weighted by Gasteiger charge is -2.62. The summed E-state index contributed by atoms with van der Waals surface area (Å²) in [4.78, 5) is 50.7. The second-order valence-corrected chi connectivity index (χ2v) is 13.1. The fourth-order valence-electron chi connectivity index (χ4n) is 8.15. The Labute approximate surface area is 223 Å². The van der Waals surface area contributed by atoms with E-state index in [1.54, 1.807) is 47.6 Å². The lowest BCUT2D eigenvalue weighted by Crippen LogP contribution is -2.70. The van der Waals surface area contributed by atoms with Crippen molar-refractivity contribution in [1.29, 1.82) is 0 Å². The number of hydrogen-bond acceptors (Lipinski definition) is 7. The van der Waals surface area contributed by atoms with Gasteiger partial charge in [0.15, 0.2) is 23.7 Å². The molecule has 38 heavy (non-hydrogen) atoms. The lowest BCUT2D eigenvalue weighted by atomic mass is 9.44. The molecule has 0 saturated heterocycles. The normalized spacial score (nSPS) is 41.8. The van der Waals surface area contributed by atoms with Gasteiger partial charge in [0.05, 0.1) is 6.10 Å². The number of Topliss-reactive ketones (excluding diaryl/α,β-unsaturated/α-hetero) is 1. The van der Waals surface area contributed by atoms with Gasteiger partial charge in [-0.15, -0.1) is 0 Å². The van der Waals surface area contributed by atoms with Crippen LogP contribution in [0.1, 0.15) is 74.1 Å². The first kappa shape index (κ1) is 28.5.